The highest BCUT2D eigenvalue weighted by molar-refractivity contribution is 6.10. The molecule has 0 atom stereocenters. The van der Waals surface area contributed by atoms with Gasteiger partial charge in [-0.3, -0.25) is 9.59 Å². The number of carbonyl (C=O) groups excluding carboxylic acids is 2. The lowest BCUT2D eigenvalue weighted by atomic mass is 9.90. The first-order chi connectivity index (χ1) is 10.4. The van der Waals surface area contributed by atoms with Crippen LogP contribution in [0.1, 0.15) is 34.6 Å². The molecule has 1 aromatic rings. The van der Waals surface area contributed by atoms with E-state index in [1.807, 2.05) is 32.9 Å². The fraction of sp³-hybridized carbons (Fsp3) is 0.529. The molecule has 5 heteroatoms. The van der Waals surface area contributed by atoms with Crippen LogP contribution in [-0.4, -0.2) is 36.4 Å². The second kappa shape index (κ2) is 7.82. The molecular formula is C17H26N2O3. The van der Waals surface area contributed by atoms with Gasteiger partial charge in [-0.1, -0.05) is 12.1 Å². The van der Waals surface area contributed by atoms with Crippen LogP contribution in [0.25, 0.3) is 0 Å². The van der Waals surface area contributed by atoms with E-state index in [9.17, 15) is 9.59 Å². The monoisotopic (exact) mass is 306 g/mol. The predicted octanol–water partition coefficient (Wildman–Crippen LogP) is 2.92. The van der Waals surface area contributed by atoms with Gasteiger partial charge in [-0.15, -0.1) is 0 Å². The molecule has 1 aromatic carbocycles. The fourth-order valence-corrected chi connectivity index (χ4v) is 2.13. The largest absolute Gasteiger partial charge is 0.492 e. The maximum Gasteiger partial charge on any atom is 0.239 e. The molecule has 5 nitrogen and oxygen atoms in total. The van der Waals surface area contributed by atoms with Gasteiger partial charge < -0.3 is 15.0 Å². The van der Waals surface area contributed by atoms with Crippen molar-refractivity contribution < 1.29 is 14.3 Å². The Morgan fingerprint density at radius 2 is 1.73 bits per heavy atom. The zero-order valence-corrected chi connectivity index (χ0v) is 14.1. The quantitative estimate of drug-likeness (QED) is 0.788. The Morgan fingerprint density at radius 3 is 2.27 bits per heavy atom. The van der Waals surface area contributed by atoms with Crippen LogP contribution in [0.3, 0.4) is 0 Å². The van der Waals surface area contributed by atoms with E-state index in [-0.39, 0.29) is 11.8 Å². The normalized spacial score (nSPS) is 11.0. The molecular weight excluding hydrogens is 280 g/mol. The van der Waals surface area contributed by atoms with Gasteiger partial charge in [0.1, 0.15) is 11.2 Å². The van der Waals surface area contributed by atoms with Gasteiger partial charge in [0.05, 0.1) is 12.3 Å². The fourth-order valence-electron chi connectivity index (χ4n) is 2.13. The molecule has 122 valence electrons. The molecule has 1 rings (SSSR count). The number of anilines is 1. The van der Waals surface area contributed by atoms with Crippen molar-refractivity contribution in [2.45, 2.75) is 34.6 Å². The maximum atomic E-state index is 12.6. The van der Waals surface area contributed by atoms with Gasteiger partial charge in [-0.25, -0.2) is 0 Å². The zero-order chi connectivity index (χ0) is 16.8. The lowest BCUT2D eigenvalue weighted by Gasteiger charge is -2.29. The van der Waals surface area contributed by atoms with Gasteiger partial charge >= 0.3 is 0 Å². The van der Waals surface area contributed by atoms with E-state index in [0.717, 1.165) is 0 Å². The Balaban J connectivity index is 2.94. The highest BCUT2D eigenvalue weighted by Gasteiger charge is 2.38. The number of nitrogens with one attached hydrogen (secondary N) is 1. The van der Waals surface area contributed by atoms with Gasteiger partial charge in [0.25, 0.3) is 0 Å². The number of hydrogen-bond donors (Lipinski definition) is 1. The molecule has 0 unspecified atom stereocenters. The van der Waals surface area contributed by atoms with E-state index in [1.54, 1.807) is 30.9 Å². The maximum absolute atomic E-state index is 12.6. The van der Waals surface area contributed by atoms with Crippen molar-refractivity contribution in [3.8, 4) is 5.75 Å². The Hall–Kier alpha value is -2.04. The minimum atomic E-state index is -1.13. The molecule has 0 saturated carbocycles. The molecule has 0 fully saturated rings. The second-order valence-corrected chi connectivity index (χ2v) is 5.49. The number of amides is 2. The number of rotatable bonds is 7. The number of nitrogens with zero attached hydrogens (tertiary/aromatic N) is 1. The van der Waals surface area contributed by atoms with Crippen molar-refractivity contribution in [2.75, 3.05) is 25.0 Å². The standard InChI is InChI=1S/C17H26N2O3/c1-6-19(7-2)16(21)17(4,5)15(20)18-13-11-9-10-12-14(13)22-8-3/h9-12H,6-8H2,1-5H3,(H,18,20). The van der Waals surface area contributed by atoms with Gasteiger partial charge in [-0.05, 0) is 46.8 Å². The van der Waals surface area contributed by atoms with Crippen LogP contribution < -0.4 is 10.1 Å². The van der Waals surface area contributed by atoms with Gasteiger partial charge in [-0.2, -0.15) is 0 Å². The molecule has 0 spiro atoms. The third-order valence-electron chi connectivity index (χ3n) is 3.59. The van der Waals surface area contributed by atoms with E-state index in [2.05, 4.69) is 5.32 Å². The van der Waals surface area contributed by atoms with E-state index < -0.39 is 5.41 Å². The molecule has 0 radical (unpaired) electrons. The van der Waals surface area contributed by atoms with E-state index in [4.69, 9.17) is 4.74 Å². The molecule has 1 N–H and O–H groups in total. The van der Waals surface area contributed by atoms with Crippen LogP contribution in [0.5, 0.6) is 5.75 Å². The van der Waals surface area contributed by atoms with Crippen LogP contribution in [0, 0.1) is 5.41 Å². The molecule has 0 aliphatic heterocycles. The number of carbonyl (C=O) groups is 2. The summed E-state index contributed by atoms with van der Waals surface area (Å²) in [5.41, 5.74) is -0.555. The van der Waals surface area contributed by atoms with Gasteiger partial charge in [0.2, 0.25) is 11.8 Å². The minimum Gasteiger partial charge on any atom is -0.492 e. The van der Waals surface area contributed by atoms with Crippen LogP contribution >= 0.6 is 0 Å². The first-order valence-electron chi connectivity index (χ1n) is 7.71. The second-order valence-electron chi connectivity index (χ2n) is 5.49. The third-order valence-corrected chi connectivity index (χ3v) is 3.59. The van der Waals surface area contributed by atoms with Crippen molar-refractivity contribution in [2.24, 2.45) is 5.41 Å². The highest BCUT2D eigenvalue weighted by Crippen LogP contribution is 2.27. The lowest BCUT2D eigenvalue weighted by molar-refractivity contribution is -0.146. The topological polar surface area (TPSA) is 58.6 Å². The molecule has 0 aromatic heterocycles. The smallest absolute Gasteiger partial charge is 0.239 e. The first kappa shape index (κ1) is 18.0. The van der Waals surface area contributed by atoms with E-state index in [1.165, 1.54) is 0 Å². The van der Waals surface area contributed by atoms with Crippen molar-refractivity contribution in [3.63, 3.8) is 0 Å². The molecule has 0 saturated heterocycles. The predicted molar refractivity (Wildman–Crippen MR) is 87.9 cm³/mol. The SMILES string of the molecule is CCOc1ccccc1NC(=O)C(C)(C)C(=O)N(CC)CC. The minimum absolute atomic E-state index is 0.177. The average molecular weight is 306 g/mol. The van der Waals surface area contributed by atoms with Crippen LogP contribution in [0.4, 0.5) is 5.69 Å². The zero-order valence-electron chi connectivity index (χ0n) is 14.1. The Morgan fingerprint density at radius 1 is 1.14 bits per heavy atom. The number of hydrogen-bond acceptors (Lipinski definition) is 3. The third kappa shape index (κ3) is 4.00. The highest BCUT2D eigenvalue weighted by atomic mass is 16.5. The molecule has 0 aliphatic rings. The van der Waals surface area contributed by atoms with Crippen LogP contribution in [0.2, 0.25) is 0 Å². The van der Waals surface area contributed by atoms with Crippen molar-refractivity contribution >= 4 is 17.5 Å². The average Bonchev–Trinajstić information content (AvgIpc) is 2.50. The summed E-state index contributed by atoms with van der Waals surface area (Å²) in [5, 5.41) is 2.81. The van der Waals surface area contributed by atoms with E-state index in [0.29, 0.717) is 31.1 Å². The number of para-hydroxylation sites is 2. The first-order valence-corrected chi connectivity index (χ1v) is 7.71. The summed E-state index contributed by atoms with van der Waals surface area (Å²) >= 11 is 0. The van der Waals surface area contributed by atoms with Gasteiger partial charge in [0.15, 0.2) is 0 Å². The summed E-state index contributed by atoms with van der Waals surface area (Å²) in [4.78, 5) is 26.7. The van der Waals surface area contributed by atoms with Crippen molar-refractivity contribution in [1.29, 1.82) is 0 Å². The number of ether oxygens (including phenoxy) is 1. The summed E-state index contributed by atoms with van der Waals surface area (Å²) < 4.78 is 5.49. The summed E-state index contributed by atoms with van der Waals surface area (Å²) in [6.07, 6.45) is 0. The Labute approximate surface area is 132 Å². The molecule has 22 heavy (non-hydrogen) atoms. The summed E-state index contributed by atoms with van der Waals surface area (Å²) in [5.74, 6) is 0.0879. The van der Waals surface area contributed by atoms with Gasteiger partial charge in [0, 0.05) is 13.1 Å². The van der Waals surface area contributed by atoms with E-state index >= 15 is 0 Å². The lowest BCUT2D eigenvalue weighted by Crippen LogP contribution is -2.47. The summed E-state index contributed by atoms with van der Waals surface area (Å²) in [7, 11) is 0. The molecule has 0 heterocycles. The Bertz CT molecular complexity index is 522. The Kier molecular flexibility index (Phi) is 6.40. The summed E-state index contributed by atoms with van der Waals surface area (Å²) in [6, 6.07) is 7.21. The molecule has 2 amide bonds. The number of benzene rings is 1. The van der Waals surface area contributed by atoms with Crippen molar-refractivity contribution in [1.82, 2.24) is 4.90 Å². The molecule has 0 bridgehead atoms. The van der Waals surface area contributed by atoms with Crippen molar-refractivity contribution in [3.05, 3.63) is 24.3 Å². The summed E-state index contributed by atoms with van der Waals surface area (Å²) in [6.45, 7) is 10.7. The molecule has 0 aliphatic carbocycles. The van der Waals surface area contributed by atoms with Crippen LogP contribution in [0.15, 0.2) is 24.3 Å². The van der Waals surface area contributed by atoms with Crippen LogP contribution in [-0.2, 0) is 9.59 Å².